The van der Waals surface area contributed by atoms with E-state index in [2.05, 4.69) is 10.3 Å². The maximum atomic E-state index is 12.0. The third kappa shape index (κ3) is 4.29. The molecule has 1 N–H and O–H groups in total. The standard InChI is InChI=1S/C16H20N2O2S/c1-4-20-14-7-5-13(6-8-14)16(19)17-10-9-15-11(2)18-12(3)21-15/h5-8H,4,9-10H2,1-3H3,(H,17,19). The summed E-state index contributed by atoms with van der Waals surface area (Å²) in [7, 11) is 0. The normalized spacial score (nSPS) is 10.4. The lowest BCUT2D eigenvalue weighted by molar-refractivity contribution is 0.0954. The van der Waals surface area contributed by atoms with E-state index in [1.54, 1.807) is 23.5 Å². The van der Waals surface area contributed by atoms with Gasteiger partial charge in [-0.3, -0.25) is 4.79 Å². The SMILES string of the molecule is CCOc1ccc(C(=O)NCCc2sc(C)nc2C)cc1. The maximum Gasteiger partial charge on any atom is 0.251 e. The summed E-state index contributed by atoms with van der Waals surface area (Å²) in [4.78, 5) is 17.7. The molecule has 1 amide bonds. The minimum absolute atomic E-state index is 0.0584. The van der Waals surface area contributed by atoms with E-state index in [-0.39, 0.29) is 5.91 Å². The van der Waals surface area contributed by atoms with Crippen molar-refractivity contribution in [1.82, 2.24) is 10.3 Å². The molecule has 0 atom stereocenters. The highest BCUT2D eigenvalue weighted by molar-refractivity contribution is 7.11. The van der Waals surface area contributed by atoms with Crippen LogP contribution in [0.25, 0.3) is 0 Å². The van der Waals surface area contributed by atoms with E-state index < -0.39 is 0 Å². The first-order valence-corrected chi connectivity index (χ1v) is 7.85. The minimum Gasteiger partial charge on any atom is -0.494 e. The van der Waals surface area contributed by atoms with Crippen LogP contribution in [-0.4, -0.2) is 24.0 Å². The molecule has 2 rings (SSSR count). The molecule has 5 heteroatoms. The number of rotatable bonds is 6. The number of aryl methyl sites for hydroxylation is 2. The highest BCUT2D eigenvalue weighted by atomic mass is 32.1. The summed E-state index contributed by atoms with van der Waals surface area (Å²) in [6.45, 7) is 7.18. The molecule has 4 nitrogen and oxygen atoms in total. The second-order valence-corrected chi connectivity index (χ2v) is 5.99. The zero-order valence-electron chi connectivity index (χ0n) is 12.6. The molecule has 0 saturated heterocycles. The molecule has 1 aromatic carbocycles. The molecule has 1 aromatic heterocycles. The Labute approximate surface area is 129 Å². The van der Waals surface area contributed by atoms with E-state index in [1.807, 2.05) is 32.9 Å². The predicted molar refractivity (Wildman–Crippen MR) is 85.2 cm³/mol. The van der Waals surface area contributed by atoms with Gasteiger partial charge in [0.15, 0.2) is 0 Å². The van der Waals surface area contributed by atoms with Crippen LogP contribution in [0.5, 0.6) is 5.75 Å². The number of carbonyl (C=O) groups excluding carboxylic acids is 1. The van der Waals surface area contributed by atoms with Gasteiger partial charge < -0.3 is 10.1 Å². The average molecular weight is 304 g/mol. The summed E-state index contributed by atoms with van der Waals surface area (Å²) in [5.41, 5.74) is 1.71. The lowest BCUT2D eigenvalue weighted by atomic mass is 10.2. The van der Waals surface area contributed by atoms with E-state index in [4.69, 9.17) is 4.74 Å². The quantitative estimate of drug-likeness (QED) is 0.892. The Morgan fingerprint density at radius 3 is 2.57 bits per heavy atom. The monoisotopic (exact) mass is 304 g/mol. The molecule has 0 spiro atoms. The van der Waals surface area contributed by atoms with Crippen molar-refractivity contribution in [3.8, 4) is 5.75 Å². The van der Waals surface area contributed by atoms with Gasteiger partial charge in [-0.15, -0.1) is 11.3 Å². The van der Waals surface area contributed by atoms with Gasteiger partial charge in [-0.2, -0.15) is 0 Å². The van der Waals surface area contributed by atoms with Crippen LogP contribution in [0.4, 0.5) is 0 Å². The van der Waals surface area contributed by atoms with Gasteiger partial charge in [-0.25, -0.2) is 4.98 Å². The fraction of sp³-hybridized carbons (Fsp3) is 0.375. The number of nitrogens with zero attached hydrogens (tertiary/aromatic N) is 1. The largest absolute Gasteiger partial charge is 0.494 e. The summed E-state index contributed by atoms with van der Waals surface area (Å²) in [6.07, 6.45) is 0.820. The zero-order valence-corrected chi connectivity index (χ0v) is 13.4. The number of aromatic nitrogens is 1. The van der Waals surface area contributed by atoms with Crippen molar-refractivity contribution in [2.75, 3.05) is 13.2 Å². The van der Waals surface area contributed by atoms with E-state index >= 15 is 0 Å². The minimum atomic E-state index is -0.0584. The van der Waals surface area contributed by atoms with Crippen molar-refractivity contribution in [2.45, 2.75) is 27.2 Å². The number of hydrogen-bond acceptors (Lipinski definition) is 4. The Balaban J connectivity index is 1.85. The Kier molecular flexibility index (Phi) is 5.33. The highest BCUT2D eigenvalue weighted by Gasteiger charge is 2.07. The predicted octanol–water partition coefficient (Wildman–Crippen LogP) is 3.13. The number of carbonyl (C=O) groups is 1. The van der Waals surface area contributed by atoms with Crippen molar-refractivity contribution in [2.24, 2.45) is 0 Å². The molecule has 0 aliphatic carbocycles. The fourth-order valence-electron chi connectivity index (χ4n) is 2.07. The zero-order chi connectivity index (χ0) is 15.2. The molecular weight excluding hydrogens is 284 g/mol. The van der Waals surface area contributed by atoms with Crippen LogP contribution in [0.15, 0.2) is 24.3 Å². The fourth-order valence-corrected chi connectivity index (χ4v) is 3.00. The van der Waals surface area contributed by atoms with Gasteiger partial charge in [-0.1, -0.05) is 0 Å². The molecule has 0 bridgehead atoms. The maximum absolute atomic E-state index is 12.0. The van der Waals surface area contributed by atoms with Gasteiger partial charge in [-0.05, 0) is 45.0 Å². The first-order valence-electron chi connectivity index (χ1n) is 7.04. The number of thiazole rings is 1. The second kappa shape index (κ2) is 7.22. The summed E-state index contributed by atoms with van der Waals surface area (Å²) >= 11 is 1.69. The van der Waals surface area contributed by atoms with Gasteiger partial charge in [0.1, 0.15) is 5.75 Å². The van der Waals surface area contributed by atoms with Crippen LogP contribution < -0.4 is 10.1 Å². The molecule has 0 aliphatic rings. The van der Waals surface area contributed by atoms with Crippen LogP contribution in [0.3, 0.4) is 0 Å². The Bertz CT molecular complexity index is 605. The van der Waals surface area contributed by atoms with Gasteiger partial charge in [0.2, 0.25) is 0 Å². The van der Waals surface area contributed by atoms with E-state index in [9.17, 15) is 4.79 Å². The van der Waals surface area contributed by atoms with Crippen LogP contribution in [0.1, 0.15) is 32.9 Å². The number of amides is 1. The Morgan fingerprint density at radius 2 is 2.00 bits per heavy atom. The highest BCUT2D eigenvalue weighted by Crippen LogP contribution is 2.17. The summed E-state index contributed by atoms with van der Waals surface area (Å²) in [6, 6.07) is 7.19. The van der Waals surface area contributed by atoms with Gasteiger partial charge in [0.05, 0.1) is 17.3 Å². The van der Waals surface area contributed by atoms with Crippen molar-refractivity contribution < 1.29 is 9.53 Å². The third-order valence-corrected chi connectivity index (χ3v) is 4.20. The molecule has 1 heterocycles. The van der Waals surface area contributed by atoms with Gasteiger partial charge >= 0.3 is 0 Å². The summed E-state index contributed by atoms with van der Waals surface area (Å²) < 4.78 is 5.36. The number of benzene rings is 1. The lowest BCUT2D eigenvalue weighted by Crippen LogP contribution is -2.25. The molecule has 21 heavy (non-hydrogen) atoms. The Hall–Kier alpha value is -1.88. The number of ether oxygens (including phenoxy) is 1. The van der Waals surface area contributed by atoms with Crippen LogP contribution in [0.2, 0.25) is 0 Å². The molecule has 112 valence electrons. The third-order valence-electron chi connectivity index (χ3n) is 3.06. The molecule has 2 aromatic rings. The summed E-state index contributed by atoms with van der Waals surface area (Å²) in [5, 5.41) is 4.00. The van der Waals surface area contributed by atoms with Crippen LogP contribution in [0, 0.1) is 13.8 Å². The first kappa shape index (κ1) is 15.5. The van der Waals surface area contributed by atoms with E-state index in [0.29, 0.717) is 18.7 Å². The molecule has 0 aliphatic heterocycles. The molecule has 0 saturated carbocycles. The van der Waals surface area contributed by atoms with Crippen LogP contribution in [-0.2, 0) is 6.42 Å². The van der Waals surface area contributed by atoms with Crippen LogP contribution >= 0.6 is 11.3 Å². The van der Waals surface area contributed by atoms with E-state index in [1.165, 1.54) is 4.88 Å². The first-order chi connectivity index (χ1) is 10.1. The van der Waals surface area contributed by atoms with Crippen molar-refractivity contribution >= 4 is 17.2 Å². The van der Waals surface area contributed by atoms with Gasteiger partial charge in [0.25, 0.3) is 5.91 Å². The summed E-state index contributed by atoms with van der Waals surface area (Å²) in [5.74, 6) is 0.724. The van der Waals surface area contributed by atoms with Crippen molar-refractivity contribution in [3.05, 3.63) is 45.4 Å². The molecule has 0 radical (unpaired) electrons. The Morgan fingerprint density at radius 1 is 1.29 bits per heavy atom. The smallest absolute Gasteiger partial charge is 0.251 e. The molecule has 0 fully saturated rings. The average Bonchev–Trinajstić information content (AvgIpc) is 2.78. The van der Waals surface area contributed by atoms with Crippen molar-refractivity contribution in [1.29, 1.82) is 0 Å². The number of nitrogens with one attached hydrogen (secondary N) is 1. The molecule has 0 unspecified atom stereocenters. The topological polar surface area (TPSA) is 51.2 Å². The number of hydrogen-bond donors (Lipinski definition) is 1. The lowest BCUT2D eigenvalue weighted by Gasteiger charge is -2.06. The van der Waals surface area contributed by atoms with E-state index in [0.717, 1.165) is 22.9 Å². The van der Waals surface area contributed by atoms with Gasteiger partial charge in [0, 0.05) is 23.4 Å². The van der Waals surface area contributed by atoms with Crippen molar-refractivity contribution in [3.63, 3.8) is 0 Å². The molecular formula is C16H20N2O2S. The second-order valence-electron chi connectivity index (χ2n) is 4.70.